The van der Waals surface area contributed by atoms with Gasteiger partial charge in [0.25, 0.3) is 5.91 Å². The summed E-state index contributed by atoms with van der Waals surface area (Å²) < 4.78 is 18.1. The van der Waals surface area contributed by atoms with Gasteiger partial charge in [-0.05, 0) is 50.7 Å². The molecule has 45 heavy (non-hydrogen) atoms. The molecule has 1 aromatic carbocycles. The van der Waals surface area contributed by atoms with E-state index in [1.807, 2.05) is 17.0 Å². The molecular formula is C33H47N5O7. The lowest BCUT2D eigenvalue weighted by atomic mass is 9.94. The van der Waals surface area contributed by atoms with Crippen molar-refractivity contribution in [1.29, 1.82) is 0 Å². The number of likely N-dealkylation sites (tertiary alicyclic amines) is 1. The van der Waals surface area contributed by atoms with Crippen molar-refractivity contribution < 1.29 is 33.4 Å². The zero-order valence-electron chi connectivity index (χ0n) is 26.3. The quantitative estimate of drug-likeness (QED) is 0.513. The topological polar surface area (TPSA) is 130 Å². The molecule has 5 heterocycles. The fourth-order valence-electron chi connectivity index (χ4n) is 7.48. The van der Waals surface area contributed by atoms with Crippen LogP contribution >= 0.6 is 0 Å². The van der Waals surface area contributed by atoms with Crippen LogP contribution in [0.3, 0.4) is 0 Å². The molecule has 0 aliphatic carbocycles. The van der Waals surface area contributed by atoms with Gasteiger partial charge in [-0.1, -0.05) is 12.1 Å². The van der Waals surface area contributed by atoms with Crippen LogP contribution in [0.1, 0.15) is 62.2 Å². The molecule has 2 bridgehead atoms. The molecular weight excluding hydrogens is 578 g/mol. The first-order valence-electron chi connectivity index (χ1n) is 16.7. The van der Waals surface area contributed by atoms with Gasteiger partial charge >= 0.3 is 0 Å². The summed E-state index contributed by atoms with van der Waals surface area (Å²) >= 11 is 0. The predicted molar refractivity (Wildman–Crippen MR) is 165 cm³/mol. The fraction of sp³-hybridized carbons (Fsp3) is 0.697. The molecule has 4 atom stereocenters. The first-order chi connectivity index (χ1) is 21.9. The number of piperazine rings is 1. The summed E-state index contributed by atoms with van der Waals surface area (Å²) in [5, 5.41) is 6.35. The number of ether oxygens (including phenoxy) is 3. The second kappa shape index (κ2) is 14.5. The van der Waals surface area contributed by atoms with Crippen molar-refractivity contribution in [1.82, 2.24) is 25.3 Å². The first-order valence-corrected chi connectivity index (χ1v) is 16.7. The molecule has 1 aromatic rings. The standard InChI is InChI=1S/C33H47N5O7/c1-22(39)36-13-8-24(9-14-36)37-15-16-38-28(21-37)32(41)34-20-30-27(35-31(40)23-10-17-43-18-11-23)7-6-25(45-30)12-19-44-29-5-3-2-4-26(29)33(38)42/h2-5,23-25,27-28,30H,6-21H2,1H3,(H,34,41)(H,35,40)/t25-,27+,28-,30+/m0/s1. The van der Waals surface area contributed by atoms with Crippen LogP contribution < -0.4 is 15.4 Å². The molecule has 0 aromatic heterocycles. The molecule has 5 aliphatic heterocycles. The van der Waals surface area contributed by atoms with Crippen molar-refractivity contribution >= 4 is 23.6 Å². The van der Waals surface area contributed by atoms with Gasteiger partial charge in [0.05, 0.1) is 30.4 Å². The number of hydrogen-bond donors (Lipinski definition) is 2. The van der Waals surface area contributed by atoms with Crippen molar-refractivity contribution in [3.8, 4) is 5.75 Å². The number of para-hydroxylation sites is 1. The Labute approximate surface area is 265 Å². The number of rotatable bonds is 3. The van der Waals surface area contributed by atoms with E-state index >= 15 is 0 Å². The second-order valence-electron chi connectivity index (χ2n) is 13.0. The summed E-state index contributed by atoms with van der Waals surface area (Å²) in [5.41, 5.74) is 0.453. The molecule has 4 amide bonds. The lowest BCUT2D eigenvalue weighted by molar-refractivity contribution is -0.134. The molecule has 4 saturated heterocycles. The number of carbonyl (C=O) groups excluding carboxylic acids is 4. The average Bonchev–Trinajstić information content (AvgIpc) is 3.07. The van der Waals surface area contributed by atoms with Crippen LogP contribution in [-0.4, -0.2) is 128 Å². The van der Waals surface area contributed by atoms with Crippen LogP contribution in [0.15, 0.2) is 24.3 Å². The maximum atomic E-state index is 14.0. The van der Waals surface area contributed by atoms with Gasteiger partial charge in [0.1, 0.15) is 11.8 Å². The second-order valence-corrected chi connectivity index (χ2v) is 13.0. The van der Waals surface area contributed by atoms with Gasteiger partial charge in [0, 0.05) is 77.8 Å². The molecule has 6 rings (SSSR count). The fourth-order valence-corrected chi connectivity index (χ4v) is 7.48. The Morgan fingerprint density at radius 2 is 1.69 bits per heavy atom. The van der Waals surface area contributed by atoms with E-state index < -0.39 is 12.1 Å². The Morgan fingerprint density at radius 3 is 2.47 bits per heavy atom. The number of nitrogens with one attached hydrogen (secondary N) is 2. The van der Waals surface area contributed by atoms with Gasteiger partial charge in [0.2, 0.25) is 17.7 Å². The molecule has 2 N–H and O–H groups in total. The summed E-state index contributed by atoms with van der Waals surface area (Å²) in [7, 11) is 0. The van der Waals surface area contributed by atoms with Crippen LogP contribution in [-0.2, 0) is 23.9 Å². The minimum Gasteiger partial charge on any atom is -0.493 e. The summed E-state index contributed by atoms with van der Waals surface area (Å²) in [4.78, 5) is 58.9. The number of piperidine rings is 1. The highest BCUT2D eigenvalue weighted by molar-refractivity contribution is 6.00. The molecule has 12 nitrogen and oxygen atoms in total. The Kier molecular flexibility index (Phi) is 10.2. The third-order valence-electron chi connectivity index (χ3n) is 10.2. The zero-order valence-corrected chi connectivity index (χ0v) is 26.3. The van der Waals surface area contributed by atoms with Crippen LogP contribution in [0.25, 0.3) is 0 Å². The Morgan fingerprint density at radius 1 is 0.911 bits per heavy atom. The minimum absolute atomic E-state index is 0.0199. The molecule has 0 spiro atoms. The number of hydrogen-bond acceptors (Lipinski definition) is 8. The first kappa shape index (κ1) is 31.7. The summed E-state index contributed by atoms with van der Waals surface area (Å²) in [5.74, 6) is 0.0906. The van der Waals surface area contributed by atoms with E-state index in [1.54, 1.807) is 24.0 Å². The average molecular weight is 626 g/mol. The predicted octanol–water partition coefficient (Wildman–Crippen LogP) is 1.18. The Balaban J connectivity index is 1.21. The molecule has 0 unspecified atom stereocenters. The molecule has 246 valence electrons. The van der Waals surface area contributed by atoms with E-state index in [-0.39, 0.29) is 54.3 Å². The third-order valence-corrected chi connectivity index (χ3v) is 10.2. The highest BCUT2D eigenvalue weighted by Gasteiger charge is 2.41. The van der Waals surface area contributed by atoms with Crippen LogP contribution in [0.4, 0.5) is 0 Å². The summed E-state index contributed by atoms with van der Waals surface area (Å²) in [6, 6.07) is 6.55. The van der Waals surface area contributed by atoms with Gasteiger partial charge < -0.3 is 34.6 Å². The maximum absolute atomic E-state index is 14.0. The van der Waals surface area contributed by atoms with Crippen molar-refractivity contribution in [2.24, 2.45) is 5.92 Å². The van der Waals surface area contributed by atoms with Gasteiger partial charge in [-0.15, -0.1) is 0 Å². The van der Waals surface area contributed by atoms with Gasteiger partial charge in [-0.3, -0.25) is 24.1 Å². The zero-order chi connectivity index (χ0) is 31.3. The van der Waals surface area contributed by atoms with Gasteiger partial charge in [-0.25, -0.2) is 0 Å². The number of carbonyl (C=O) groups is 4. The number of nitrogens with zero attached hydrogens (tertiary/aromatic N) is 3. The molecule has 12 heteroatoms. The normalized spacial score (nSPS) is 29.4. The summed E-state index contributed by atoms with van der Waals surface area (Å²) in [6.07, 6.45) is 4.75. The molecule has 0 radical (unpaired) electrons. The third kappa shape index (κ3) is 7.44. The number of fused-ring (bicyclic) bond motifs is 4. The van der Waals surface area contributed by atoms with Crippen molar-refractivity contribution in [3.63, 3.8) is 0 Å². The molecule has 4 fully saturated rings. The van der Waals surface area contributed by atoms with E-state index in [9.17, 15) is 19.2 Å². The van der Waals surface area contributed by atoms with Gasteiger partial charge in [0.15, 0.2) is 0 Å². The Hall–Kier alpha value is -3.22. The maximum Gasteiger partial charge on any atom is 0.258 e. The highest BCUT2D eigenvalue weighted by atomic mass is 16.5. The van der Waals surface area contributed by atoms with E-state index in [2.05, 4.69) is 15.5 Å². The smallest absolute Gasteiger partial charge is 0.258 e. The number of amides is 4. The van der Waals surface area contributed by atoms with Crippen LogP contribution in [0.2, 0.25) is 0 Å². The lowest BCUT2D eigenvalue weighted by Gasteiger charge is -2.46. The molecule has 0 saturated carbocycles. The van der Waals surface area contributed by atoms with Gasteiger partial charge in [-0.2, -0.15) is 0 Å². The molecule has 5 aliphatic rings. The largest absolute Gasteiger partial charge is 0.493 e. The monoisotopic (exact) mass is 625 g/mol. The van der Waals surface area contributed by atoms with E-state index in [0.717, 1.165) is 25.7 Å². The lowest BCUT2D eigenvalue weighted by Crippen LogP contribution is -2.64. The van der Waals surface area contributed by atoms with Crippen LogP contribution in [0.5, 0.6) is 5.75 Å². The van der Waals surface area contributed by atoms with E-state index in [0.29, 0.717) is 83.1 Å². The number of benzene rings is 1. The van der Waals surface area contributed by atoms with Crippen molar-refractivity contribution in [2.75, 3.05) is 59.1 Å². The van der Waals surface area contributed by atoms with Crippen LogP contribution in [0, 0.1) is 5.92 Å². The SMILES string of the molecule is CC(=O)N1CCC(N2CCN3C(=O)c4ccccc4OCC[C@@H]4CC[C@@H](NC(=O)C5CCOCC5)[C@@H](CNC(=O)[C@@H]3C2)O4)CC1. The Bertz CT molecular complexity index is 1230. The minimum atomic E-state index is -0.706. The van der Waals surface area contributed by atoms with E-state index in [1.165, 1.54) is 0 Å². The van der Waals surface area contributed by atoms with Crippen molar-refractivity contribution in [2.45, 2.75) is 82.2 Å². The van der Waals surface area contributed by atoms with E-state index in [4.69, 9.17) is 14.2 Å². The summed E-state index contributed by atoms with van der Waals surface area (Å²) in [6.45, 7) is 6.27. The highest BCUT2D eigenvalue weighted by Crippen LogP contribution is 2.28. The van der Waals surface area contributed by atoms with Crippen molar-refractivity contribution in [3.05, 3.63) is 29.8 Å².